The Morgan fingerprint density at radius 3 is 2.58 bits per heavy atom. The van der Waals surface area contributed by atoms with Crippen molar-refractivity contribution in [3.63, 3.8) is 0 Å². The molecule has 1 aromatic carbocycles. The smallest absolute Gasteiger partial charge is 0.227 e. The molecule has 0 heterocycles. The van der Waals surface area contributed by atoms with Crippen molar-refractivity contribution in [1.82, 2.24) is 0 Å². The van der Waals surface area contributed by atoms with Crippen molar-refractivity contribution in [3.8, 4) is 0 Å². The van der Waals surface area contributed by atoms with Crippen LogP contribution in [0, 0.1) is 11.7 Å². The van der Waals surface area contributed by atoms with Crippen molar-refractivity contribution in [2.75, 3.05) is 10.6 Å². The number of nitrogens with one attached hydrogen (secondary N) is 2. The van der Waals surface area contributed by atoms with Crippen molar-refractivity contribution >= 4 is 23.2 Å². The number of rotatable bonds is 5. The zero-order valence-electron chi connectivity index (χ0n) is 11.4. The van der Waals surface area contributed by atoms with Gasteiger partial charge in [0.25, 0.3) is 0 Å². The van der Waals surface area contributed by atoms with E-state index in [0.717, 1.165) is 12.8 Å². The van der Waals surface area contributed by atoms with Crippen LogP contribution in [0.5, 0.6) is 0 Å². The zero-order chi connectivity index (χ0) is 14.4. The third-order valence-corrected chi connectivity index (χ3v) is 2.71. The first-order valence-corrected chi connectivity index (χ1v) is 6.32. The van der Waals surface area contributed by atoms with Crippen LogP contribution in [0.2, 0.25) is 0 Å². The lowest BCUT2D eigenvalue weighted by Gasteiger charge is -2.12. The van der Waals surface area contributed by atoms with Crippen LogP contribution in [-0.2, 0) is 9.59 Å². The molecule has 0 radical (unpaired) electrons. The Bertz CT molecular complexity index is 475. The number of anilines is 2. The molecular weight excluding hydrogens is 247 g/mol. The molecule has 5 heteroatoms. The molecule has 0 saturated heterocycles. The topological polar surface area (TPSA) is 58.2 Å². The second-order valence-electron chi connectivity index (χ2n) is 4.55. The molecule has 0 aliphatic rings. The van der Waals surface area contributed by atoms with Gasteiger partial charge in [0.2, 0.25) is 11.8 Å². The van der Waals surface area contributed by atoms with E-state index in [0.29, 0.717) is 5.69 Å². The standard InChI is InChI=1S/C14H19FN2O2/c1-4-5-9(2)14(19)17-11-6-7-12(15)13(8-11)16-10(3)18/h6-9H,4-5H2,1-3H3,(H,16,18)(H,17,19). The highest BCUT2D eigenvalue weighted by Gasteiger charge is 2.13. The minimum absolute atomic E-state index is 0.0634. The highest BCUT2D eigenvalue weighted by Crippen LogP contribution is 2.20. The average Bonchev–Trinajstić information content (AvgIpc) is 2.33. The largest absolute Gasteiger partial charge is 0.326 e. The Kier molecular flexibility index (Phi) is 5.48. The Morgan fingerprint density at radius 1 is 1.32 bits per heavy atom. The minimum Gasteiger partial charge on any atom is -0.326 e. The summed E-state index contributed by atoms with van der Waals surface area (Å²) >= 11 is 0. The molecule has 4 nitrogen and oxygen atoms in total. The number of amides is 2. The normalized spacial score (nSPS) is 11.8. The monoisotopic (exact) mass is 266 g/mol. The first-order chi connectivity index (χ1) is 8.93. The Morgan fingerprint density at radius 2 is 2.00 bits per heavy atom. The van der Waals surface area contributed by atoms with Gasteiger partial charge in [-0.05, 0) is 24.6 Å². The predicted octanol–water partition coefficient (Wildman–Crippen LogP) is 3.16. The van der Waals surface area contributed by atoms with E-state index in [4.69, 9.17) is 0 Å². The third kappa shape index (κ3) is 4.69. The van der Waals surface area contributed by atoms with Crippen molar-refractivity contribution in [1.29, 1.82) is 0 Å². The summed E-state index contributed by atoms with van der Waals surface area (Å²) in [6.07, 6.45) is 1.72. The molecule has 1 unspecified atom stereocenters. The minimum atomic E-state index is -0.533. The summed E-state index contributed by atoms with van der Waals surface area (Å²) in [6.45, 7) is 5.15. The molecule has 1 atom stereocenters. The van der Waals surface area contributed by atoms with Crippen LogP contribution in [0.25, 0.3) is 0 Å². The maximum Gasteiger partial charge on any atom is 0.227 e. The van der Waals surface area contributed by atoms with Gasteiger partial charge in [-0.3, -0.25) is 9.59 Å². The summed E-state index contributed by atoms with van der Waals surface area (Å²) in [5.74, 6) is -1.10. The van der Waals surface area contributed by atoms with E-state index in [1.165, 1.54) is 25.1 Å². The fourth-order valence-electron chi connectivity index (χ4n) is 1.72. The lowest BCUT2D eigenvalue weighted by molar-refractivity contribution is -0.119. The second-order valence-corrected chi connectivity index (χ2v) is 4.55. The SMILES string of the molecule is CCCC(C)C(=O)Nc1ccc(F)c(NC(C)=O)c1. The van der Waals surface area contributed by atoms with E-state index in [1.54, 1.807) is 0 Å². The van der Waals surface area contributed by atoms with Crippen LogP contribution in [0.1, 0.15) is 33.6 Å². The van der Waals surface area contributed by atoms with Gasteiger partial charge in [-0.1, -0.05) is 20.3 Å². The van der Waals surface area contributed by atoms with E-state index in [2.05, 4.69) is 10.6 Å². The first-order valence-electron chi connectivity index (χ1n) is 6.32. The molecule has 0 fully saturated rings. The molecule has 1 rings (SSSR count). The molecular formula is C14H19FN2O2. The number of hydrogen-bond donors (Lipinski definition) is 2. The van der Waals surface area contributed by atoms with Crippen LogP contribution >= 0.6 is 0 Å². The van der Waals surface area contributed by atoms with E-state index < -0.39 is 5.82 Å². The Balaban J connectivity index is 2.79. The van der Waals surface area contributed by atoms with E-state index in [9.17, 15) is 14.0 Å². The fourth-order valence-corrected chi connectivity index (χ4v) is 1.72. The zero-order valence-corrected chi connectivity index (χ0v) is 11.4. The van der Waals surface area contributed by atoms with Gasteiger partial charge in [0, 0.05) is 18.5 Å². The Hall–Kier alpha value is -1.91. The molecule has 0 saturated carbocycles. The fraction of sp³-hybridized carbons (Fsp3) is 0.429. The maximum atomic E-state index is 13.4. The number of carbonyl (C=O) groups excluding carboxylic acids is 2. The molecule has 2 N–H and O–H groups in total. The lowest BCUT2D eigenvalue weighted by atomic mass is 10.1. The number of carbonyl (C=O) groups is 2. The number of halogens is 1. The van der Waals surface area contributed by atoms with Gasteiger partial charge < -0.3 is 10.6 Å². The number of hydrogen-bond acceptors (Lipinski definition) is 2. The molecule has 0 aromatic heterocycles. The molecule has 0 bridgehead atoms. The van der Waals surface area contributed by atoms with E-state index >= 15 is 0 Å². The maximum absolute atomic E-state index is 13.4. The third-order valence-electron chi connectivity index (χ3n) is 2.71. The highest BCUT2D eigenvalue weighted by atomic mass is 19.1. The van der Waals surface area contributed by atoms with Crippen molar-refractivity contribution in [2.45, 2.75) is 33.6 Å². The summed E-state index contributed by atoms with van der Waals surface area (Å²) < 4.78 is 13.4. The van der Waals surface area contributed by atoms with Crippen molar-refractivity contribution in [3.05, 3.63) is 24.0 Å². The van der Waals surface area contributed by atoms with Crippen LogP contribution in [-0.4, -0.2) is 11.8 Å². The predicted molar refractivity (Wildman–Crippen MR) is 73.4 cm³/mol. The number of benzene rings is 1. The van der Waals surface area contributed by atoms with Gasteiger partial charge in [0.05, 0.1) is 5.69 Å². The molecule has 19 heavy (non-hydrogen) atoms. The highest BCUT2D eigenvalue weighted by molar-refractivity contribution is 5.94. The molecule has 0 aliphatic heterocycles. The average molecular weight is 266 g/mol. The molecule has 104 valence electrons. The second kappa shape index (κ2) is 6.87. The summed E-state index contributed by atoms with van der Waals surface area (Å²) in [6, 6.07) is 4.09. The van der Waals surface area contributed by atoms with Crippen molar-refractivity contribution in [2.24, 2.45) is 5.92 Å². The van der Waals surface area contributed by atoms with Crippen LogP contribution < -0.4 is 10.6 Å². The summed E-state index contributed by atoms with van der Waals surface area (Å²) in [4.78, 5) is 22.8. The van der Waals surface area contributed by atoms with Gasteiger partial charge in [-0.25, -0.2) is 4.39 Å². The van der Waals surface area contributed by atoms with E-state index in [-0.39, 0.29) is 23.4 Å². The van der Waals surface area contributed by atoms with Gasteiger partial charge in [-0.2, -0.15) is 0 Å². The molecule has 1 aromatic rings. The van der Waals surface area contributed by atoms with Gasteiger partial charge >= 0.3 is 0 Å². The lowest BCUT2D eigenvalue weighted by Crippen LogP contribution is -2.20. The Labute approximate surface area is 112 Å². The first kappa shape index (κ1) is 15.1. The van der Waals surface area contributed by atoms with Gasteiger partial charge in [0.1, 0.15) is 5.82 Å². The van der Waals surface area contributed by atoms with Crippen LogP contribution in [0.15, 0.2) is 18.2 Å². The summed E-state index contributed by atoms with van der Waals surface area (Å²) in [5.41, 5.74) is 0.534. The summed E-state index contributed by atoms with van der Waals surface area (Å²) in [7, 11) is 0. The van der Waals surface area contributed by atoms with Crippen LogP contribution in [0.4, 0.5) is 15.8 Å². The summed E-state index contributed by atoms with van der Waals surface area (Å²) in [5, 5.41) is 5.09. The van der Waals surface area contributed by atoms with Gasteiger partial charge in [-0.15, -0.1) is 0 Å². The van der Waals surface area contributed by atoms with Crippen molar-refractivity contribution < 1.29 is 14.0 Å². The van der Waals surface area contributed by atoms with Crippen LogP contribution in [0.3, 0.4) is 0 Å². The molecule has 0 spiro atoms. The quantitative estimate of drug-likeness (QED) is 0.860. The van der Waals surface area contributed by atoms with Gasteiger partial charge in [0.15, 0.2) is 0 Å². The van der Waals surface area contributed by atoms with E-state index in [1.807, 2.05) is 13.8 Å². The molecule has 2 amide bonds. The molecule has 0 aliphatic carbocycles.